The lowest BCUT2D eigenvalue weighted by Crippen LogP contribution is -2.21. The van der Waals surface area contributed by atoms with Gasteiger partial charge in [0.2, 0.25) is 0 Å². The van der Waals surface area contributed by atoms with Crippen molar-refractivity contribution in [3.63, 3.8) is 0 Å². The van der Waals surface area contributed by atoms with Gasteiger partial charge in [-0.25, -0.2) is 0 Å². The summed E-state index contributed by atoms with van der Waals surface area (Å²) < 4.78 is 18.6. The zero-order valence-corrected chi connectivity index (χ0v) is 15.4. The van der Waals surface area contributed by atoms with Crippen LogP contribution in [0.4, 0.5) is 0 Å². The largest absolute Gasteiger partial charge is 0.497 e. The molecule has 136 valence electrons. The van der Waals surface area contributed by atoms with E-state index in [1.165, 1.54) is 0 Å². The number of fused-ring (bicyclic) bond motifs is 1. The van der Waals surface area contributed by atoms with Crippen molar-refractivity contribution < 1.29 is 14.0 Å². The van der Waals surface area contributed by atoms with Crippen molar-refractivity contribution in [1.82, 2.24) is 19.9 Å². The molecule has 3 heterocycles. The van der Waals surface area contributed by atoms with Crippen LogP contribution in [0.25, 0.3) is 11.6 Å². The van der Waals surface area contributed by atoms with Crippen molar-refractivity contribution >= 4 is 0 Å². The molecule has 0 N–H and O–H groups in total. The number of rotatable bonds is 3. The van der Waals surface area contributed by atoms with Crippen LogP contribution in [0.3, 0.4) is 0 Å². The zero-order valence-electron chi connectivity index (χ0n) is 15.4. The molecular formula is C19H22N4O3. The molecule has 1 aliphatic rings. The third-order valence-corrected chi connectivity index (χ3v) is 4.44. The number of methoxy groups -OCH3 is 1. The van der Waals surface area contributed by atoms with Crippen LogP contribution in [0.15, 0.2) is 34.9 Å². The molecule has 2 aromatic heterocycles. The number of aromatic nitrogens is 4. The van der Waals surface area contributed by atoms with Gasteiger partial charge in [-0.1, -0.05) is 38.1 Å². The van der Waals surface area contributed by atoms with Crippen molar-refractivity contribution in [3.8, 4) is 17.3 Å². The van der Waals surface area contributed by atoms with Gasteiger partial charge in [-0.2, -0.15) is 10.1 Å². The molecule has 0 bridgehead atoms. The van der Waals surface area contributed by atoms with Crippen LogP contribution in [0.2, 0.25) is 0 Å². The standard InChI is InChI=1S/C19H22N4O3/c1-19(2,3)18-20-17(26-22-18)15-9-13-11-25-16(10-23(13)21-15)12-5-7-14(24-4)8-6-12/h5-9,16H,10-11H2,1-4H3/t16-/m1/s1. The summed E-state index contributed by atoms with van der Waals surface area (Å²) in [7, 11) is 1.66. The maximum absolute atomic E-state index is 6.00. The molecule has 0 saturated heterocycles. The Labute approximate surface area is 151 Å². The van der Waals surface area contributed by atoms with Crippen molar-refractivity contribution in [3.05, 3.63) is 47.4 Å². The van der Waals surface area contributed by atoms with E-state index in [1.54, 1.807) is 7.11 Å². The summed E-state index contributed by atoms with van der Waals surface area (Å²) in [4.78, 5) is 4.48. The van der Waals surface area contributed by atoms with Crippen LogP contribution >= 0.6 is 0 Å². The van der Waals surface area contributed by atoms with Gasteiger partial charge in [-0.05, 0) is 23.8 Å². The van der Waals surface area contributed by atoms with E-state index in [9.17, 15) is 0 Å². The average Bonchev–Trinajstić information content (AvgIpc) is 3.27. The van der Waals surface area contributed by atoms with Gasteiger partial charge in [0, 0.05) is 5.41 Å². The third kappa shape index (κ3) is 3.10. The molecule has 0 amide bonds. The molecule has 0 unspecified atom stereocenters. The fraction of sp³-hybridized carbons (Fsp3) is 0.421. The Bertz CT molecular complexity index is 906. The molecule has 7 heteroatoms. The van der Waals surface area contributed by atoms with Gasteiger partial charge in [0.15, 0.2) is 11.5 Å². The first-order valence-corrected chi connectivity index (χ1v) is 8.61. The monoisotopic (exact) mass is 354 g/mol. The molecule has 3 aromatic rings. The number of hydrogen-bond acceptors (Lipinski definition) is 6. The van der Waals surface area contributed by atoms with Crippen LogP contribution in [-0.4, -0.2) is 27.0 Å². The molecule has 0 radical (unpaired) electrons. The number of benzene rings is 1. The Kier molecular flexibility index (Phi) is 4.03. The molecular weight excluding hydrogens is 332 g/mol. The van der Waals surface area contributed by atoms with Crippen molar-refractivity contribution in [2.75, 3.05) is 7.11 Å². The zero-order chi connectivity index (χ0) is 18.3. The molecule has 1 atom stereocenters. The highest BCUT2D eigenvalue weighted by Gasteiger charge is 2.26. The van der Waals surface area contributed by atoms with Crippen molar-refractivity contribution in [2.45, 2.75) is 45.4 Å². The topological polar surface area (TPSA) is 75.2 Å². The third-order valence-electron chi connectivity index (χ3n) is 4.44. The number of ether oxygens (including phenoxy) is 2. The molecule has 1 aromatic carbocycles. The minimum atomic E-state index is -0.163. The number of hydrogen-bond donors (Lipinski definition) is 0. The quantitative estimate of drug-likeness (QED) is 0.716. The van der Waals surface area contributed by atoms with Gasteiger partial charge in [0.25, 0.3) is 5.89 Å². The summed E-state index contributed by atoms with van der Waals surface area (Å²) in [6, 6.07) is 9.87. The van der Waals surface area contributed by atoms with Crippen LogP contribution in [0, 0.1) is 0 Å². The molecule has 1 aliphatic heterocycles. The molecule has 0 saturated carbocycles. The first-order valence-electron chi connectivity index (χ1n) is 8.61. The van der Waals surface area contributed by atoms with E-state index in [0.29, 0.717) is 30.6 Å². The SMILES string of the molecule is COc1ccc([C@H]2Cn3nc(-c4nc(C(C)(C)C)no4)cc3CO2)cc1. The van der Waals surface area contributed by atoms with E-state index >= 15 is 0 Å². The van der Waals surface area contributed by atoms with Crippen LogP contribution in [0.5, 0.6) is 5.75 Å². The maximum atomic E-state index is 6.00. The van der Waals surface area contributed by atoms with Gasteiger partial charge in [0.05, 0.1) is 26.0 Å². The van der Waals surface area contributed by atoms with Crippen molar-refractivity contribution in [1.29, 1.82) is 0 Å². The van der Waals surface area contributed by atoms with E-state index < -0.39 is 0 Å². The summed E-state index contributed by atoms with van der Waals surface area (Å²) in [5.74, 6) is 1.95. The average molecular weight is 354 g/mol. The van der Waals surface area contributed by atoms with Gasteiger partial charge in [-0.15, -0.1) is 0 Å². The maximum Gasteiger partial charge on any atom is 0.278 e. The van der Waals surface area contributed by atoms with E-state index in [0.717, 1.165) is 17.0 Å². The predicted octanol–water partition coefficient (Wildman–Crippen LogP) is 3.51. The lowest BCUT2D eigenvalue weighted by molar-refractivity contribution is -0.00115. The summed E-state index contributed by atoms with van der Waals surface area (Å²) in [6.07, 6.45) is -0.0472. The fourth-order valence-corrected chi connectivity index (χ4v) is 2.88. The Morgan fingerprint density at radius 2 is 1.96 bits per heavy atom. The molecule has 0 fully saturated rings. The highest BCUT2D eigenvalue weighted by Crippen LogP contribution is 2.30. The molecule has 7 nitrogen and oxygen atoms in total. The lowest BCUT2D eigenvalue weighted by atomic mass is 9.96. The highest BCUT2D eigenvalue weighted by atomic mass is 16.5. The second kappa shape index (κ2) is 6.25. The minimum absolute atomic E-state index is 0.0472. The van der Waals surface area contributed by atoms with Crippen molar-refractivity contribution in [2.24, 2.45) is 0 Å². The van der Waals surface area contributed by atoms with Crippen LogP contribution in [-0.2, 0) is 23.3 Å². The normalized spacial score (nSPS) is 17.2. The minimum Gasteiger partial charge on any atom is -0.497 e. The van der Waals surface area contributed by atoms with Crippen LogP contribution in [0.1, 0.15) is 44.0 Å². The van der Waals surface area contributed by atoms with Gasteiger partial charge >= 0.3 is 0 Å². The highest BCUT2D eigenvalue weighted by molar-refractivity contribution is 5.47. The van der Waals surface area contributed by atoms with E-state index in [1.807, 2.05) is 55.8 Å². The molecule has 0 aliphatic carbocycles. The first kappa shape index (κ1) is 16.8. The van der Waals surface area contributed by atoms with Crippen LogP contribution < -0.4 is 4.74 Å². The second-order valence-corrected chi connectivity index (χ2v) is 7.45. The van der Waals surface area contributed by atoms with E-state index in [2.05, 4.69) is 15.2 Å². The lowest BCUT2D eigenvalue weighted by Gasteiger charge is -2.24. The van der Waals surface area contributed by atoms with Gasteiger partial charge < -0.3 is 14.0 Å². The molecule has 26 heavy (non-hydrogen) atoms. The van der Waals surface area contributed by atoms with E-state index in [-0.39, 0.29) is 11.5 Å². The summed E-state index contributed by atoms with van der Waals surface area (Å²) in [5, 5.41) is 8.71. The Balaban J connectivity index is 1.56. The Hall–Kier alpha value is -2.67. The predicted molar refractivity (Wildman–Crippen MR) is 94.7 cm³/mol. The Morgan fingerprint density at radius 1 is 1.19 bits per heavy atom. The first-order chi connectivity index (χ1) is 12.4. The molecule has 0 spiro atoms. The summed E-state index contributed by atoms with van der Waals surface area (Å²) in [6.45, 7) is 7.28. The Morgan fingerprint density at radius 3 is 2.62 bits per heavy atom. The smallest absolute Gasteiger partial charge is 0.278 e. The fourth-order valence-electron chi connectivity index (χ4n) is 2.88. The molecule has 4 rings (SSSR count). The number of nitrogens with zero attached hydrogens (tertiary/aromatic N) is 4. The van der Waals surface area contributed by atoms with Gasteiger partial charge in [-0.3, -0.25) is 4.68 Å². The second-order valence-electron chi connectivity index (χ2n) is 7.45. The van der Waals surface area contributed by atoms with E-state index in [4.69, 9.17) is 14.0 Å². The summed E-state index contributed by atoms with van der Waals surface area (Å²) in [5.41, 5.74) is 2.62. The summed E-state index contributed by atoms with van der Waals surface area (Å²) >= 11 is 0. The van der Waals surface area contributed by atoms with Gasteiger partial charge in [0.1, 0.15) is 11.9 Å².